The Bertz CT molecular complexity index is 2590. The van der Waals surface area contributed by atoms with Crippen molar-refractivity contribution in [2.24, 2.45) is 0 Å². The predicted molar refractivity (Wildman–Crippen MR) is 339 cm³/mol. The minimum Gasteiger partial charge on any atom is -0.373 e. The first kappa shape index (κ1) is 68.1. The van der Waals surface area contributed by atoms with Gasteiger partial charge in [-0.15, -0.1) is 18.4 Å². The summed E-state index contributed by atoms with van der Waals surface area (Å²) in [6, 6.07) is 35.8. The van der Waals surface area contributed by atoms with Gasteiger partial charge >= 0.3 is 0 Å². The molecule has 0 radical (unpaired) electrons. The fraction of sp³-hybridized carbons (Fsp3) is 0.383. The number of pyridine rings is 1. The van der Waals surface area contributed by atoms with Crippen molar-refractivity contribution in [1.82, 2.24) is 34.9 Å². The molecule has 2 aromatic heterocycles. The number of benzene rings is 4. The minimum atomic E-state index is -1.10. The van der Waals surface area contributed by atoms with E-state index in [1.807, 2.05) is 61.6 Å². The monoisotopic (exact) mass is 1230 g/mol. The van der Waals surface area contributed by atoms with Crippen LogP contribution in [0.4, 0.5) is 21.5 Å². The molecule has 0 unspecified atom stereocenters. The van der Waals surface area contributed by atoms with E-state index in [2.05, 4.69) is 266 Å². The van der Waals surface area contributed by atoms with Crippen molar-refractivity contribution in [1.29, 1.82) is 0 Å². The standard InChI is InChI=1S/C20H21FN4.C13H18N2.C11H17BrN2.C6H4Br2.C5H14N2.C5H10Si/c1-24(2)10-11-25(3)19-8-5-15(6-9-19)4-7-18-13-16-12-17(21)14-22-20(16)23-18;1-5-12-6-8-13(9-7-12)15(4)11-10-14(2)3;1-13(2)8-9-14(3)11-6-4-10(12)5-7-11;7-5-1-2-6(8)4-3-5;1-6-4-5-7(2)3;1-5-6(2,3)4/h5-6,8-9,12-14H,10-11H2,1-3H3,(H,22,23);1,6-9H,10-11H2,2-4H3;4-7H,8-9H2,1-3H3;1-4H;6H,4-5H2,1-3H3;1H,2-4H3. The molecule has 0 saturated heterocycles. The number of fused-ring (bicyclic) bond motifs is 1. The van der Waals surface area contributed by atoms with Crippen molar-refractivity contribution in [2.75, 3.05) is 152 Å². The number of aromatic nitrogens is 2. The topological polar surface area (TPSA) is 63.4 Å². The quantitative estimate of drug-likeness (QED) is 0.0773. The molecule has 0 amide bonds. The van der Waals surface area contributed by atoms with Crippen LogP contribution in [0.25, 0.3) is 11.0 Å². The van der Waals surface area contributed by atoms with E-state index in [-0.39, 0.29) is 5.82 Å². The molecular formula is C60H84Br3FN10Si. The van der Waals surface area contributed by atoms with Gasteiger partial charge in [0, 0.05) is 120 Å². The van der Waals surface area contributed by atoms with Crippen LogP contribution in [0.3, 0.4) is 0 Å². The average molecular weight is 1230 g/mol. The molecule has 6 rings (SSSR count). The summed E-state index contributed by atoms with van der Waals surface area (Å²) in [6.07, 6.45) is 11.6. The summed E-state index contributed by atoms with van der Waals surface area (Å²) in [5, 5.41) is 3.78. The molecule has 75 heavy (non-hydrogen) atoms. The van der Waals surface area contributed by atoms with Crippen molar-refractivity contribution in [3.8, 4) is 36.2 Å². The summed E-state index contributed by atoms with van der Waals surface area (Å²) < 4.78 is 16.5. The number of nitrogens with one attached hydrogen (secondary N) is 2. The molecule has 6 aromatic rings. The fourth-order valence-electron chi connectivity index (χ4n) is 5.70. The third kappa shape index (κ3) is 32.9. The van der Waals surface area contributed by atoms with E-state index in [4.69, 9.17) is 12.8 Å². The molecule has 0 spiro atoms. The summed E-state index contributed by atoms with van der Waals surface area (Å²) in [5.41, 5.74) is 9.60. The normalized spacial score (nSPS) is 10.4. The number of rotatable bonds is 15. The van der Waals surface area contributed by atoms with Crippen molar-refractivity contribution in [2.45, 2.75) is 19.6 Å². The summed E-state index contributed by atoms with van der Waals surface area (Å²) in [6.45, 7) is 14.8. The van der Waals surface area contributed by atoms with E-state index in [0.717, 1.165) is 93.7 Å². The molecule has 0 atom stereocenters. The summed E-state index contributed by atoms with van der Waals surface area (Å²) in [7, 11) is 23.8. The summed E-state index contributed by atoms with van der Waals surface area (Å²) in [5.74, 6) is 8.46. The van der Waals surface area contributed by atoms with Crippen molar-refractivity contribution in [3.63, 3.8) is 0 Å². The van der Waals surface area contributed by atoms with E-state index in [0.29, 0.717) is 5.65 Å². The van der Waals surface area contributed by atoms with Gasteiger partial charge in [-0.2, -0.15) is 0 Å². The zero-order valence-corrected chi connectivity index (χ0v) is 53.1. The van der Waals surface area contributed by atoms with Crippen molar-refractivity contribution < 1.29 is 4.39 Å². The van der Waals surface area contributed by atoms with Gasteiger partial charge in [0.15, 0.2) is 0 Å². The smallest absolute Gasteiger partial charge is 0.142 e. The highest BCUT2D eigenvalue weighted by Crippen LogP contribution is 2.18. The van der Waals surface area contributed by atoms with Gasteiger partial charge in [-0.05, 0) is 179 Å². The third-order valence-corrected chi connectivity index (χ3v) is 13.0. The zero-order valence-electron chi connectivity index (χ0n) is 47.4. The number of nitrogens with zero attached hydrogens (tertiary/aromatic N) is 8. The number of halogens is 4. The molecule has 0 aliphatic carbocycles. The summed E-state index contributed by atoms with van der Waals surface area (Å²) >= 11 is 10.1. The van der Waals surface area contributed by atoms with Crippen LogP contribution in [0.15, 0.2) is 129 Å². The fourth-order valence-corrected chi connectivity index (χ4v) is 6.50. The van der Waals surface area contributed by atoms with Gasteiger partial charge in [-0.1, -0.05) is 79.3 Å². The molecule has 10 nitrogen and oxygen atoms in total. The van der Waals surface area contributed by atoms with Gasteiger partial charge in [-0.25, -0.2) is 9.37 Å². The maximum Gasteiger partial charge on any atom is 0.142 e. The molecule has 0 saturated carbocycles. The predicted octanol–water partition coefficient (Wildman–Crippen LogP) is 11.7. The van der Waals surface area contributed by atoms with E-state index >= 15 is 0 Å². The Balaban J connectivity index is 0.000000487. The van der Waals surface area contributed by atoms with Crippen LogP contribution in [0, 0.1) is 42.0 Å². The Morgan fingerprint density at radius 2 is 0.893 bits per heavy atom. The first-order valence-corrected chi connectivity index (χ1v) is 30.6. The lowest BCUT2D eigenvalue weighted by molar-refractivity contribution is 0.407. The molecule has 0 bridgehead atoms. The largest absolute Gasteiger partial charge is 0.373 e. The van der Waals surface area contributed by atoms with E-state index in [1.54, 1.807) is 0 Å². The number of hydrogen-bond acceptors (Lipinski definition) is 9. The number of H-pyrrole nitrogens is 1. The van der Waals surface area contributed by atoms with Crippen LogP contribution in [0.2, 0.25) is 19.6 Å². The van der Waals surface area contributed by atoms with Gasteiger partial charge in [0.2, 0.25) is 0 Å². The van der Waals surface area contributed by atoms with E-state index in [9.17, 15) is 4.39 Å². The number of hydrogen-bond donors (Lipinski definition) is 2. The Hall–Kier alpha value is -4.96. The van der Waals surface area contributed by atoms with Gasteiger partial charge in [0.05, 0.1) is 11.9 Å². The van der Waals surface area contributed by atoms with Crippen LogP contribution in [0.5, 0.6) is 0 Å². The van der Waals surface area contributed by atoms with Crippen molar-refractivity contribution in [3.05, 3.63) is 151 Å². The van der Waals surface area contributed by atoms with Crippen molar-refractivity contribution >= 4 is 84.0 Å². The second-order valence-electron chi connectivity index (χ2n) is 19.7. The Labute approximate surface area is 478 Å². The Kier molecular flexibility index (Phi) is 34.2. The maximum absolute atomic E-state index is 13.2. The lowest BCUT2D eigenvalue weighted by atomic mass is 10.2. The van der Waals surface area contributed by atoms with Crippen LogP contribution in [0.1, 0.15) is 16.8 Å². The van der Waals surface area contributed by atoms with Gasteiger partial charge in [0.1, 0.15) is 19.5 Å². The van der Waals surface area contributed by atoms with Gasteiger partial charge < -0.3 is 44.6 Å². The molecular weight excluding hydrogens is 1150 g/mol. The number of anilines is 3. The highest BCUT2D eigenvalue weighted by Gasteiger charge is 2.06. The van der Waals surface area contributed by atoms with Crippen LogP contribution >= 0.6 is 47.8 Å². The lowest BCUT2D eigenvalue weighted by Crippen LogP contribution is -2.28. The second-order valence-corrected chi connectivity index (χ2v) is 27.2. The number of likely N-dealkylation sites (N-methyl/N-ethyl adjacent to an activating group) is 8. The molecule has 0 aliphatic rings. The highest BCUT2D eigenvalue weighted by molar-refractivity contribution is 9.11. The van der Waals surface area contributed by atoms with Crippen LogP contribution in [-0.4, -0.2) is 175 Å². The summed E-state index contributed by atoms with van der Waals surface area (Å²) in [4.78, 5) is 22.5. The third-order valence-electron chi connectivity index (χ3n) is 10.5. The average Bonchev–Trinajstić information content (AvgIpc) is 3.79. The lowest BCUT2D eigenvalue weighted by Gasteiger charge is -2.21. The van der Waals surface area contributed by atoms with Gasteiger partial charge in [-0.3, -0.25) is 0 Å². The minimum absolute atomic E-state index is 0.347. The zero-order chi connectivity index (χ0) is 56.5. The molecule has 0 aliphatic heterocycles. The number of terminal acetylenes is 2. The number of aromatic amines is 1. The van der Waals surface area contributed by atoms with E-state index < -0.39 is 8.07 Å². The molecule has 4 aromatic carbocycles. The van der Waals surface area contributed by atoms with Gasteiger partial charge in [0.25, 0.3) is 0 Å². The van der Waals surface area contributed by atoms with E-state index in [1.165, 1.54) is 23.6 Å². The highest BCUT2D eigenvalue weighted by atomic mass is 79.9. The molecule has 15 heteroatoms. The first-order valence-electron chi connectivity index (χ1n) is 24.7. The molecule has 406 valence electrons. The molecule has 0 fully saturated rings. The van der Waals surface area contributed by atoms with Crippen LogP contribution < -0.4 is 20.0 Å². The second kappa shape index (κ2) is 37.7. The maximum atomic E-state index is 13.2. The molecule has 2 heterocycles. The SMILES string of the molecule is Brc1ccc(Br)cc1.C#C[Si](C)(C)C.C#Cc1ccc(N(C)CCN(C)C)cc1.CN(C)CCN(C)c1ccc(Br)cc1.CN(C)CCN(C)c1ccc(C#Cc2cc3cc(F)cnc3[nH]2)cc1.CNCCN(C)C. The Morgan fingerprint density at radius 1 is 0.533 bits per heavy atom. The van der Waals surface area contributed by atoms with Crippen LogP contribution in [-0.2, 0) is 0 Å². The first-order chi connectivity index (χ1) is 35.3. The Morgan fingerprint density at radius 3 is 1.23 bits per heavy atom. The molecule has 2 N–H and O–H groups in total.